The van der Waals surface area contributed by atoms with Crippen LogP contribution in [0.1, 0.15) is 0 Å². The SMILES string of the molecule is c1ccc(-c2cccc3c2B2c4cc5c(cc4Oc4cccc(c42)-c2ccccc2-c2ccccc2-3)B2c3c(cccc3-c3ccccc3-c3ccccc3-c3cccc(-c4ccccc4)c32)O5)cc1. The van der Waals surface area contributed by atoms with Crippen molar-refractivity contribution in [2.45, 2.75) is 0 Å². The van der Waals surface area contributed by atoms with Gasteiger partial charge in [-0.2, -0.15) is 0 Å². The van der Waals surface area contributed by atoms with Crippen molar-refractivity contribution in [2.24, 2.45) is 0 Å². The Morgan fingerprint density at radius 2 is 0.457 bits per heavy atom. The molecule has 0 N–H and O–H groups in total. The molecule has 4 aliphatic heterocycles. The van der Waals surface area contributed by atoms with E-state index in [-0.39, 0.29) is 13.4 Å². The lowest BCUT2D eigenvalue weighted by atomic mass is 9.31. The van der Waals surface area contributed by atoms with Crippen molar-refractivity contribution in [1.29, 1.82) is 0 Å². The largest absolute Gasteiger partial charge is 0.458 e. The third-order valence-corrected chi connectivity index (χ3v) is 15.3. The summed E-state index contributed by atoms with van der Waals surface area (Å²) in [7, 11) is 0. The molecule has 0 saturated heterocycles. The van der Waals surface area contributed by atoms with Crippen LogP contribution in [0.15, 0.2) is 243 Å². The van der Waals surface area contributed by atoms with Gasteiger partial charge in [0, 0.05) is 0 Å². The van der Waals surface area contributed by atoms with Gasteiger partial charge in [-0.1, -0.05) is 229 Å². The fourth-order valence-corrected chi connectivity index (χ4v) is 12.5. The first-order valence-corrected chi connectivity index (χ1v) is 24.3. The fourth-order valence-electron chi connectivity index (χ4n) is 12.5. The van der Waals surface area contributed by atoms with Crippen molar-refractivity contribution < 1.29 is 9.47 Å². The average Bonchev–Trinajstić information content (AvgIpc) is 3.50. The molecule has 4 heterocycles. The van der Waals surface area contributed by atoms with Crippen LogP contribution in [0.3, 0.4) is 0 Å². The highest BCUT2D eigenvalue weighted by molar-refractivity contribution is 7.01. The molecule has 2 nitrogen and oxygen atoms in total. The molecular weight excluding hydrogens is 846 g/mol. The molecule has 322 valence electrons. The van der Waals surface area contributed by atoms with Gasteiger partial charge in [-0.05, 0) is 135 Å². The summed E-state index contributed by atoms with van der Waals surface area (Å²) >= 11 is 0. The molecule has 0 bridgehead atoms. The van der Waals surface area contributed by atoms with Crippen LogP contribution >= 0.6 is 0 Å². The molecule has 0 saturated carbocycles. The van der Waals surface area contributed by atoms with Gasteiger partial charge < -0.3 is 9.47 Å². The van der Waals surface area contributed by atoms with Crippen LogP contribution in [-0.4, -0.2) is 13.4 Å². The summed E-state index contributed by atoms with van der Waals surface area (Å²) in [5, 5.41) is 0. The molecule has 4 heteroatoms. The van der Waals surface area contributed by atoms with Crippen molar-refractivity contribution in [3.05, 3.63) is 243 Å². The number of benzene rings is 11. The van der Waals surface area contributed by atoms with E-state index in [4.69, 9.17) is 9.47 Å². The Bertz CT molecular complexity index is 3710. The van der Waals surface area contributed by atoms with E-state index in [1.165, 1.54) is 88.8 Å². The first-order chi connectivity index (χ1) is 34.8. The monoisotopic (exact) mass is 886 g/mol. The van der Waals surface area contributed by atoms with Gasteiger partial charge in [0.25, 0.3) is 13.4 Å². The minimum absolute atomic E-state index is 0.228. The molecule has 4 aliphatic rings. The number of hydrogen-bond donors (Lipinski definition) is 0. The molecule has 0 amide bonds. The van der Waals surface area contributed by atoms with Gasteiger partial charge in [0.15, 0.2) is 0 Å². The second kappa shape index (κ2) is 15.3. The Morgan fingerprint density at radius 3 is 0.800 bits per heavy atom. The predicted molar refractivity (Wildman–Crippen MR) is 292 cm³/mol. The molecule has 0 atom stereocenters. The lowest BCUT2D eigenvalue weighted by Crippen LogP contribution is -2.59. The predicted octanol–water partition coefficient (Wildman–Crippen LogP) is 12.9. The number of rotatable bonds is 2. The number of fused-ring (bicyclic) bond motifs is 18. The lowest BCUT2D eigenvalue weighted by molar-refractivity contribution is 0.476. The molecule has 0 radical (unpaired) electrons. The molecule has 0 aromatic heterocycles. The molecule has 0 unspecified atom stereocenters. The van der Waals surface area contributed by atoms with E-state index in [1.807, 2.05) is 0 Å². The Labute approximate surface area is 408 Å². The minimum Gasteiger partial charge on any atom is -0.458 e. The average molecular weight is 887 g/mol. The van der Waals surface area contributed by atoms with Crippen molar-refractivity contribution in [3.63, 3.8) is 0 Å². The van der Waals surface area contributed by atoms with Crippen LogP contribution in [0.5, 0.6) is 23.0 Å². The fraction of sp³-hybridized carbons (Fsp3) is 0. The molecule has 70 heavy (non-hydrogen) atoms. The lowest BCUT2D eigenvalue weighted by Gasteiger charge is -2.35. The van der Waals surface area contributed by atoms with E-state index in [0.29, 0.717) is 0 Å². The van der Waals surface area contributed by atoms with Crippen LogP contribution in [0.25, 0.3) is 89.0 Å². The molecule has 0 fully saturated rings. The Morgan fingerprint density at radius 1 is 0.200 bits per heavy atom. The summed E-state index contributed by atoms with van der Waals surface area (Å²) < 4.78 is 14.9. The summed E-state index contributed by atoms with van der Waals surface area (Å²) in [6, 6.07) is 89.1. The van der Waals surface area contributed by atoms with Crippen LogP contribution in [-0.2, 0) is 0 Å². The van der Waals surface area contributed by atoms with Crippen LogP contribution in [0.4, 0.5) is 0 Å². The molecule has 11 aromatic carbocycles. The topological polar surface area (TPSA) is 18.5 Å². The normalized spacial score (nSPS) is 12.7. The zero-order chi connectivity index (χ0) is 45.9. The quantitative estimate of drug-likeness (QED) is 0.161. The van der Waals surface area contributed by atoms with Crippen LogP contribution in [0.2, 0.25) is 0 Å². The zero-order valence-corrected chi connectivity index (χ0v) is 38.1. The Hall–Kier alpha value is -8.85. The van der Waals surface area contributed by atoms with Gasteiger partial charge >= 0.3 is 0 Å². The summed E-state index contributed by atoms with van der Waals surface area (Å²) in [4.78, 5) is 0. The van der Waals surface area contributed by atoms with Gasteiger partial charge in [-0.3, -0.25) is 0 Å². The highest BCUT2D eigenvalue weighted by Gasteiger charge is 2.44. The van der Waals surface area contributed by atoms with E-state index in [1.54, 1.807) is 0 Å². The summed E-state index contributed by atoms with van der Waals surface area (Å²) in [6.07, 6.45) is 0. The maximum absolute atomic E-state index is 7.45. The second-order valence-corrected chi connectivity index (χ2v) is 18.9. The Balaban J connectivity index is 1.07. The molecule has 15 rings (SSSR count). The van der Waals surface area contributed by atoms with Crippen LogP contribution < -0.4 is 42.3 Å². The first kappa shape index (κ1) is 39.2. The smallest absolute Gasteiger partial charge is 0.253 e. The third-order valence-electron chi connectivity index (χ3n) is 15.3. The highest BCUT2D eigenvalue weighted by atomic mass is 16.5. The Kier molecular flexibility index (Phi) is 8.58. The first-order valence-electron chi connectivity index (χ1n) is 24.3. The summed E-state index contributed by atoms with van der Waals surface area (Å²) in [5.74, 6) is 3.41. The third kappa shape index (κ3) is 5.71. The van der Waals surface area contributed by atoms with Crippen molar-refractivity contribution >= 4 is 46.2 Å². The van der Waals surface area contributed by atoms with Gasteiger partial charge in [0.2, 0.25) is 0 Å². The maximum Gasteiger partial charge on any atom is 0.253 e. The highest BCUT2D eigenvalue weighted by Crippen LogP contribution is 2.45. The van der Waals surface area contributed by atoms with Crippen molar-refractivity contribution in [1.82, 2.24) is 0 Å². The zero-order valence-electron chi connectivity index (χ0n) is 38.1. The molecule has 11 aromatic rings. The molecule has 0 spiro atoms. The standard InChI is InChI=1S/C66H40B2O2/c1-3-19-41(20-4-1)43-31-15-33-53-49-27-11-7-23-45(49)47-25-9-13-29-51(47)55-35-17-37-59-65(55)67(63(43)53)57-39-62-58(40-61(57)69-59)68-64-44(42-21-5-2-6-22-42)32-16-34-54(64)50-28-12-8-24-46(50)48-26-10-14-30-52(48)56-36-18-38-60(70-62)66(56)68/h1-40H. The van der Waals surface area contributed by atoms with Gasteiger partial charge in [0.05, 0.1) is 0 Å². The summed E-state index contributed by atoms with van der Waals surface area (Å²) in [5.41, 5.74) is 26.0. The number of ether oxygens (including phenoxy) is 2. The van der Waals surface area contributed by atoms with Crippen molar-refractivity contribution in [3.8, 4) is 112 Å². The summed E-state index contributed by atoms with van der Waals surface area (Å²) in [6.45, 7) is -0.456. The van der Waals surface area contributed by atoms with E-state index in [0.717, 1.165) is 56.0 Å². The van der Waals surface area contributed by atoms with Crippen LogP contribution in [0, 0.1) is 0 Å². The second-order valence-electron chi connectivity index (χ2n) is 18.9. The maximum atomic E-state index is 7.45. The van der Waals surface area contributed by atoms with E-state index < -0.39 is 0 Å². The minimum atomic E-state index is -0.228. The van der Waals surface area contributed by atoms with Gasteiger partial charge in [0.1, 0.15) is 23.0 Å². The molecule has 0 aliphatic carbocycles. The molecular formula is C66H40B2O2. The van der Waals surface area contributed by atoms with Gasteiger partial charge in [-0.15, -0.1) is 0 Å². The van der Waals surface area contributed by atoms with E-state index in [2.05, 4.69) is 243 Å². The van der Waals surface area contributed by atoms with Gasteiger partial charge in [-0.25, -0.2) is 0 Å². The number of hydrogen-bond acceptors (Lipinski definition) is 2. The van der Waals surface area contributed by atoms with Crippen molar-refractivity contribution in [2.75, 3.05) is 0 Å². The van der Waals surface area contributed by atoms with E-state index in [9.17, 15) is 0 Å². The van der Waals surface area contributed by atoms with E-state index >= 15 is 0 Å².